The van der Waals surface area contributed by atoms with Crippen LogP contribution in [0, 0.1) is 5.82 Å². The fourth-order valence-electron chi connectivity index (χ4n) is 3.39. The molecule has 0 bridgehead atoms. The van der Waals surface area contributed by atoms with Crippen molar-refractivity contribution in [3.8, 4) is 5.75 Å². The van der Waals surface area contributed by atoms with Gasteiger partial charge in [0, 0.05) is 50.9 Å². The van der Waals surface area contributed by atoms with Gasteiger partial charge in [0.2, 0.25) is 0 Å². The molecule has 1 aliphatic heterocycles. The van der Waals surface area contributed by atoms with E-state index in [0.717, 1.165) is 61.2 Å². The van der Waals surface area contributed by atoms with Crippen molar-refractivity contribution in [2.75, 3.05) is 44.7 Å². The van der Waals surface area contributed by atoms with E-state index in [2.05, 4.69) is 37.9 Å². The lowest BCUT2D eigenvalue weighted by molar-refractivity contribution is -0.107. The van der Waals surface area contributed by atoms with Gasteiger partial charge in [-0.05, 0) is 51.7 Å². The number of halogens is 2. The molecule has 0 radical (unpaired) electrons. The van der Waals surface area contributed by atoms with Gasteiger partial charge in [0.25, 0.3) is 0 Å². The van der Waals surface area contributed by atoms with Crippen LogP contribution in [0.1, 0.15) is 11.1 Å². The van der Waals surface area contributed by atoms with Gasteiger partial charge < -0.3 is 14.4 Å². The van der Waals surface area contributed by atoms with E-state index in [-0.39, 0.29) is 12.2 Å². The van der Waals surface area contributed by atoms with Crippen LogP contribution in [0.2, 0.25) is 0 Å². The van der Waals surface area contributed by atoms with Gasteiger partial charge in [-0.25, -0.2) is 4.39 Å². The monoisotopic (exact) mass is 434 g/mol. The molecule has 2 aromatic carbocycles. The van der Waals surface area contributed by atoms with Crippen molar-refractivity contribution in [3.63, 3.8) is 0 Å². The molecule has 1 aliphatic rings. The Morgan fingerprint density at radius 2 is 1.93 bits per heavy atom. The molecular formula is C21H24BrFN2O2. The lowest BCUT2D eigenvalue weighted by atomic mass is 10.1. The molecule has 0 atom stereocenters. The van der Waals surface area contributed by atoms with E-state index >= 15 is 0 Å². The van der Waals surface area contributed by atoms with Crippen LogP contribution in [0.5, 0.6) is 5.75 Å². The van der Waals surface area contributed by atoms with Gasteiger partial charge in [0.15, 0.2) is 0 Å². The minimum atomic E-state index is -0.301. The maximum atomic E-state index is 13.6. The molecule has 1 fully saturated rings. The number of nitrogens with zero attached hydrogens (tertiary/aromatic N) is 2. The summed E-state index contributed by atoms with van der Waals surface area (Å²) in [6.45, 7) is 4.83. The zero-order chi connectivity index (χ0) is 19.2. The van der Waals surface area contributed by atoms with E-state index in [9.17, 15) is 9.18 Å². The highest BCUT2D eigenvalue weighted by atomic mass is 79.9. The first-order chi connectivity index (χ1) is 13.1. The second-order valence-corrected chi connectivity index (χ2v) is 7.55. The average Bonchev–Trinajstić information content (AvgIpc) is 2.69. The van der Waals surface area contributed by atoms with Gasteiger partial charge in [0.05, 0.1) is 11.6 Å². The van der Waals surface area contributed by atoms with Crippen LogP contribution in [0.15, 0.2) is 40.9 Å². The topological polar surface area (TPSA) is 32.8 Å². The predicted octanol–water partition coefficient (Wildman–Crippen LogP) is 3.70. The van der Waals surface area contributed by atoms with Crippen LogP contribution in [-0.4, -0.2) is 51.0 Å². The third kappa shape index (κ3) is 5.08. The van der Waals surface area contributed by atoms with Crippen molar-refractivity contribution < 1.29 is 13.9 Å². The Morgan fingerprint density at radius 3 is 2.63 bits per heavy atom. The lowest BCUT2D eigenvalue weighted by Crippen LogP contribution is -2.47. The predicted molar refractivity (Wildman–Crippen MR) is 109 cm³/mol. The van der Waals surface area contributed by atoms with E-state index in [1.165, 1.54) is 11.8 Å². The molecule has 4 nitrogen and oxygen atoms in total. The number of hydrogen-bond acceptors (Lipinski definition) is 4. The fraction of sp³-hybridized carbons (Fsp3) is 0.381. The average molecular weight is 435 g/mol. The molecule has 0 amide bonds. The molecule has 1 heterocycles. The van der Waals surface area contributed by atoms with Crippen molar-refractivity contribution >= 4 is 27.9 Å². The summed E-state index contributed by atoms with van der Waals surface area (Å²) in [6, 6.07) is 11.3. The molecule has 0 aliphatic carbocycles. The molecule has 6 heteroatoms. The van der Waals surface area contributed by atoms with E-state index in [1.807, 2.05) is 18.2 Å². The summed E-state index contributed by atoms with van der Waals surface area (Å²) in [4.78, 5) is 15.5. The van der Waals surface area contributed by atoms with Gasteiger partial charge in [-0.1, -0.05) is 12.1 Å². The van der Waals surface area contributed by atoms with Crippen LogP contribution in [-0.2, 0) is 17.6 Å². The van der Waals surface area contributed by atoms with Crippen molar-refractivity contribution in [3.05, 3.63) is 57.8 Å². The maximum absolute atomic E-state index is 13.6. The smallest absolute Gasteiger partial charge is 0.135 e. The second-order valence-electron chi connectivity index (χ2n) is 6.69. The van der Waals surface area contributed by atoms with E-state index in [1.54, 1.807) is 7.11 Å². The van der Waals surface area contributed by atoms with Crippen LogP contribution >= 0.6 is 15.9 Å². The normalized spacial score (nSPS) is 15.0. The zero-order valence-corrected chi connectivity index (χ0v) is 17.0. The third-order valence-electron chi connectivity index (χ3n) is 5.00. The quantitative estimate of drug-likeness (QED) is 0.621. The molecule has 0 saturated carbocycles. The Morgan fingerprint density at radius 1 is 1.15 bits per heavy atom. The lowest BCUT2D eigenvalue weighted by Gasteiger charge is -2.36. The molecule has 0 aromatic heterocycles. The van der Waals surface area contributed by atoms with Crippen molar-refractivity contribution in [2.45, 2.75) is 12.8 Å². The number of piperazine rings is 1. The summed E-state index contributed by atoms with van der Waals surface area (Å²) in [5.41, 5.74) is 2.73. The number of benzene rings is 2. The summed E-state index contributed by atoms with van der Waals surface area (Å²) in [5.74, 6) is 0.543. The SMILES string of the molecule is COc1cc(N2CCN(CCc3ccc(F)c(CC=O)c3)CC2)ccc1Br. The number of ether oxygens (including phenoxy) is 1. The molecule has 2 aromatic rings. The Balaban J connectivity index is 1.53. The minimum Gasteiger partial charge on any atom is -0.495 e. The summed E-state index contributed by atoms with van der Waals surface area (Å²) in [7, 11) is 1.68. The van der Waals surface area contributed by atoms with Crippen LogP contribution < -0.4 is 9.64 Å². The number of anilines is 1. The van der Waals surface area contributed by atoms with E-state index < -0.39 is 0 Å². The molecule has 0 unspecified atom stereocenters. The highest BCUT2D eigenvalue weighted by molar-refractivity contribution is 9.10. The van der Waals surface area contributed by atoms with Crippen LogP contribution in [0.25, 0.3) is 0 Å². The number of carbonyl (C=O) groups is 1. The molecular weight excluding hydrogens is 411 g/mol. The molecule has 0 N–H and O–H groups in total. The van der Waals surface area contributed by atoms with Gasteiger partial charge in [-0.2, -0.15) is 0 Å². The number of rotatable bonds is 7. The molecule has 27 heavy (non-hydrogen) atoms. The highest BCUT2D eigenvalue weighted by Crippen LogP contribution is 2.30. The first kappa shape index (κ1) is 19.8. The van der Waals surface area contributed by atoms with Gasteiger partial charge in [-0.3, -0.25) is 4.90 Å². The Labute approximate surface area is 168 Å². The Hall–Kier alpha value is -1.92. The third-order valence-corrected chi connectivity index (χ3v) is 5.66. The Bertz CT molecular complexity index is 792. The highest BCUT2D eigenvalue weighted by Gasteiger charge is 2.18. The van der Waals surface area contributed by atoms with Gasteiger partial charge >= 0.3 is 0 Å². The van der Waals surface area contributed by atoms with E-state index in [0.29, 0.717) is 5.56 Å². The first-order valence-electron chi connectivity index (χ1n) is 9.12. The van der Waals surface area contributed by atoms with Crippen molar-refractivity contribution in [2.24, 2.45) is 0 Å². The summed E-state index contributed by atoms with van der Waals surface area (Å²) in [5, 5.41) is 0. The Kier molecular flexibility index (Phi) is 6.85. The van der Waals surface area contributed by atoms with Gasteiger partial charge in [0.1, 0.15) is 17.9 Å². The summed E-state index contributed by atoms with van der Waals surface area (Å²) in [6.07, 6.45) is 1.74. The maximum Gasteiger partial charge on any atom is 0.135 e. The number of hydrogen-bond donors (Lipinski definition) is 0. The van der Waals surface area contributed by atoms with Crippen molar-refractivity contribution in [1.82, 2.24) is 4.90 Å². The molecule has 144 valence electrons. The first-order valence-corrected chi connectivity index (χ1v) is 9.92. The van der Waals surface area contributed by atoms with Gasteiger partial charge in [-0.15, -0.1) is 0 Å². The minimum absolute atomic E-state index is 0.134. The van der Waals surface area contributed by atoms with Crippen LogP contribution in [0.3, 0.4) is 0 Å². The van der Waals surface area contributed by atoms with E-state index in [4.69, 9.17) is 4.74 Å². The van der Waals surface area contributed by atoms with Crippen LogP contribution in [0.4, 0.5) is 10.1 Å². The second kappa shape index (κ2) is 9.33. The standard InChI is InChI=1S/C21H24BrFN2O2/c1-27-21-15-18(3-4-19(21)22)25-11-9-24(10-12-25)8-6-16-2-5-20(23)17(14-16)7-13-26/h2-5,13-15H,6-12H2,1H3. The number of carbonyl (C=O) groups excluding carboxylic acids is 1. The molecule has 1 saturated heterocycles. The largest absolute Gasteiger partial charge is 0.495 e. The fourth-order valence-corrected chi connectivity index (χ4v) is 3.80. The summed E-state index contributed by atoms with van der Waals surface area (Å²) >= 11 is 3.49. The number of methoxy groups -OCH3 is 1. The zero-order valence-electron chi connectivity index (χ0n) is 15.5. The number of aldehydes is 1. The summed E-state index contributed by atoms with van der Waals surface area (Å²) < 4.78 is 20.0. The molecule has 0 spiro atoms. The van der Waals surface area contributed by atoms with Crippen molar-refractivity contribution in [1.29, 1.82) is 0 Å². The molecule has 3 rings (SSSR count).